The fourth-order valence-corrected chi connectivity index (χ4v) is 3.51. The van der Waals surface area contributed by atoms with Gasteiger partial charge in [-0.1, -0.05) is 44.2 Å². The van der Waals surface area contributed by atoms with Crippen LogP contribution < -0.4 is 10.6 Å². The molecule has 0 bridgehead atoms. The van der Waals surface area contributed by atoms with Gasteiger partial charge in [-0.25, -0.2) is 0 Å². The largest absolute Gasteiger partial charge is 0.326 e. The number of benzene rings is 2. The van der Waals surface area contributed by atoms with Gasteiger partial charge in [0.25, 0.3) is 0 Å². The molecule has 1 aliphatic rings. The number of aryl methyl sites for hydroxylation is 3. The van der Waals surface area contributed by atoms with Gasteiger partial charge >= 0.3 is 0 Å². The second kappa shape index (κ2) is 7.95. The topological polar surface area (TPSA) is 58.2 Å². The monoisotopic (exact) mass is 364 g/mol. The minimum absolute atomic E-state index is 0.0493. The second-order valence-corrected chi connectivity index (χ2v) is 7.33. The van der Waals surface area contributed by atoms with Crippen LogP contribution in [0.1, 0.15) is 42.5 Å². The summed E-state index contributed by atoms with van der Waals surface area (Å²) in [5.74, 6) is -0.608. The van der Waals surface area contributed by atoms with Crippen LogP contribution in [0.4, 0.5) is 11.4 Å². The molecular weight excluding hydrogens is 336 g/mol. The number of nitrogens with one attached hydrogen (secondary N) is 2. The van der Waals surface area contributed by atoms with Crippen molar-refractivity contribution in [1.82, 2.24) is 0 Å². The van der Waals surface area contributed by atoms with E-state index in [1.807, 2.05) is 50.2 Å². The summed E-state index contributed by atoms with van der Waals surface area (Å²) in [4.78, 5) is 25.3. The highest BCUT2D eigenvalue weighted by atomic mass is 16.2. The quantitative estimate of drug-likeness (QED) is 0.784. The van der Waals surface area contributed by atoms with E-state index in [0.717, 1.165) is 46.5 Å². The van der Waals surface area contributed by atoms with Crippen LogP contribution in [0.5, 0.6) is 0 Å². The van der Waals surface area contributed by atoms with E-state index in [1.54, 1.807) is 0 Å². The van der Waals surface area contributed by atoms with Crippen LogP contribution in [-0.4, -0.2) is 11.8 Å². The molecule has 2 amide bonds. The number of rotatable bonds is 6. The zero-order chi connectivity index (χ0) is 19.6. The maximum absolute atomic E-state index is 12.7. The Morgan fingerprint density at radius 3 is 2.04 bits per heavy atom. The number of hydrogen-bond donors (Lipinski definition) is 2. The van der Waals surface area contributed by atoms with Crippen LogP contribution >= 0.6 is 0 Å². The molecule has 1 fully saturated rings. The number of para-hydroxylation sites is 1. The average Bonchev–Trinajstić information content (AvgIpc) is 3.46. The van der Waals surface area contributed by atoms with E-state index in [4.69, 9.17) is 0 Å². The van der Waals surface area contributed by atoms with Crippen LogP contribution in [0.15, 0.2) is 36.4 Å². The van der Waals surface area contributed by atoms with Crippen molar-refractivity contribution in [1.29, 1.82) is 0 Å². The fraction of sp³-hybridized carbons (Fsp3) is 0.391. The average molecular weight is 364 g/mol. The van der Waals surface area contributed by atoms with E-state index in [0.29, 0.717) is 6.42 Å². The number of anilines is 2. The number of hydrogen-bond acceptors (Lipinski definition) is 2. The Morgan fingerprint density at radius 2 is 1.44 bits per heavy atom. The van der Waals surface area contributed by atoms with E-state index < -0.39 is 0 Å². The minimum atomic E-state index is -0.247. The molecule has 2 unspecified atom stereocenters. The predicted octanol–water partition coefficient (Wildman–Crippen LogP) is 4.64. The van der Waals surface area contributed by atoms with Gasteiger partial charge in [0, 0.05) is 11.4 Å². The Labute approximate surface area is 161 Å². The van der Waals surface area contributed by atoms with Crippen molar-refractivity contribution >= 4 is 23.2 Å². The van der Waals surface area contributed by atoms with Crippen molar-refractivity contribution in [2.24, 2.45) is 11.8 Å². The highest BCUT2D eigenvalue weighted by Crippen LogP contribution is 2.41. The van der Waals surface area contributed by atoms with Crippen LogP contribution in [0.25, 0.3) is 0 Å². The van der Waals surface area contributed by atoms with Crippen LogP contribution in [0.2, 0.25) is 0 Å². The molecule has 0 saturated heterocycles. The van der Waals surface area contributed by atoms with Crippen molar-refractivity contribution < 1.29 is 9.59 Å². The van der Waals surface area contributed by atoms with E-state index in [-0.39, 0.29) is 23.7 Å². The molecule has 0 aromatic heterocycles. The smallest absolute Gasteiger partial charge is 0.228 e. The maximum Gasteiger partial charge on any atom is 0.228 e. The summed E-state index contributed by atoms with van der Waals surface area (Å²) >= 11 is 0. The van der Waals surface area contributed by atoms with Crippen molar-refractivity contribution in [2.45, 2.75) is 47.0 Å². The molecule has 1 aliphatic carbocycles. The number of carbonyl (C=O) groups excluding carboxylic acids is 2. The van der Waals surface area contributed by atoms with Crippen molar-refractivity contribution in [3.8, 4) is 0 Å². The molecule has 2 N–H and O–H groups in total. The van der Waals surface area contributed by atoms with Crippen molar-refractivity contribution in [3.63, 3.8) is 0 Å². The molecule has 3 rings (SSSR count). The summed E-state index contributed by atoms with van der Waals surface area (Å²) < 4.78 is 0. The first-order valence-corrected chi connectivity index (χ1v) is 9.74. The van der Waals surface area contributed by atoms with E-state index >= 15 is 0 Å². The molecule has 0 radical (unpaired) electrons. The Bertz CT molecular complexity index is 850. The molecule has 4 nitrogen and oxygen atoms in total. The van der Waals surface area contributed by atoms with E-state index in [2.05, 4.69) is 24.5 Å². The lowest BCUT2D eigenvalue weighted by Gasteiger charge is -2.14. The minimum Gasteiger partial charge on any atom is -0.326 e. The van der Waals surface area contributed by atoms with Gasteiger partial charge in [0.05, 0.1) is 11.8 Å². The van der Waals surface area contributed by atoms with Gasteiger partial charge in [0.15, 0.2) is 0 Å². The lowest BCUT2D eigenvalue weighted by Crippen LogP contribution is -2.22. The van der Waals surface area contributed by atoms with Crippen LogP contribution in [-0.2, 0) is 22.4 Å². The summed E-state index contributed by atoms with van der Waals surface area (Å²) in [6.45, 7) is 8.19. The van der Waals surface area contributed by atoms with Crippen molar-refractivity contribution in [2.75, 3.05) is 10.6 Å². The van der Waals surface area contributed by atoms with Gasteiger partial charge in [-0.15, -0.1) is 0 Å². The van der Waals surface area contributed by atoms with Crippen LogP contribution in [0.3, 0.4) is 0 Å². The molecular formula is C23H28N2O2. The maximum atomic E-state index is 12.7. The molecule has 2 aromatic carbocycles. The van der Waals surface area contributed by atoms with Crippen LogP contribution in [0, 0.1) is 25.7 Å². The summed E-state index contributed by atoms with van der Waals surface area (Å²) in [6.07, 6.45) is 2.34. The lowest BCUT2D eigenvalue weighted by molar-refractivity contribution is -0.122. The van der Waals surface area contributed by atoms with Gasteiger partial charge < -0.3 is 10.6 Å². The van der Waals surface area contributed by atoms with E-state index in [9.17, 15) is 9.59 Å². The molecule has 0 spiro atoms. The summed E-state index contributed by atoms with van der Waals surface area (Å²) in [5.41, 5.74) is 6.24. The van der Waals surface area contributed by atoms with Gasteiger partial charge in [0.2, 0.25) is 11.8 Å². The second-order valence-electron chi connectivity index (χ2n) is 7.33. The first-order chi connectivity index (χ1) is 13.0. The Balaban J connectivity index is 1.66. The summed E-state index contributed by atoms with van der Waals surface area (Å²) in [7, 11) is 0. The molecule has 2 atom stereocenters. The van der Waals surface area contributed by atoms with Gasteiger partial charge in [0.1, 0.15) is 0 Å². The molecule has 0 heterocycles. The third kappa shape index (κ3) is 4.05. The molecule has 142 valence electrons. The summed E-state index contributed by atoms with van der Waals surface area (Å²) in [6, 6.07) is 12.0. The van der Waals surface area contributed by atoms with Gasteiger partial charge in [-0.2, -0.15) is 0 Å². The highest BCUT2D eigenvalue weighted by molar-refractivity contribution is 6.04. The van der Waals surface area contributed by atoms with E-state index in [1.165, 1.54) is 0 Å². The zero-order valence-electron chi connectivity index (χ0n) is 16.6. The standard InChI is InChI=1S/C23H28N2O2/c1-5-16-10-8-11-17(6-2)21(16)25-23(27)19-13-18(19)22(26)24-20-12-7-9-14(3)15(20)4/h7-12,18-19H,5-6,13H2,1-4H3,(H,24,26)(H,25,27). The number of carbonyl (C=O) groups is 2. The molecule has 27 heavy (non-hydrogen) atoms. The zero-order valence-corrected chi connectivity index (χ0v) is 16.6. The summed E-state index contributed by atoms with van der Waals surface area (Å²) in [5, 5.41) is 6.08. The first kappa shape index (κ1) is 19.2. The van der Waals surface area contributed by atoms with Crippen molar-refractivity contribution in [3.05, 3.63) is 58.7 Å². The molecule has 2 aromatic rings. The third-order valence-electron chi connectivity index (χ3n) is 5.57. The highest BCUT2D eigenvalue weighted by Gasteiger charge is 2.48. The Hall–Kier alpha value is -2.62. The van der Waals surface area contributed by atoms with Gasteiger partial charge in [-0.3, -0.25) is 9.59 Å². The SMILES string of the molecule is CCc1cccc(CC)c1NC(=O)C1CC1C(=O)Nc1cccc(C)c1C. The first-order valence-electron chi connectivity index (χ1n) is 9.74. The Kier molecular flexibility index (Phi) is 5.64. The molecule has 0 aliphatic heterocycles. The predicted molar refractivity (Wildman–Crippen MR) is 110 cm³/mol. The van der Waals surface area contributed by atoms with Gasteiger partial charge in [-0.05, 0) is 61.4 Å². The third-order valence-corrected chi connectivity index (χ3v) is 5.57. The lowest BCUT2D eigenvalue weighted by atomic mass is 10.0. The molecule has 1 saturated carbocycles. The molecule has 4 heteroatoms. The fourth-order valence-electron chi connectivity index (χ4n) is 3.51. The number of amides is 2. The Morgan fingerprint density at radius 1 is 0.889 bits per heavy atom. The normalized spacial score (nSPS) is 18.1.